The van der Waals surface area contributed by atoms with Crippen LogP contribution in [-0.2, 0) is 11.2 Å². The van der Waals surface area contributed by atoms with Gasteiger partial charge in [0.15, 0.2) is 0 Å². The van der Waals surface area contributed by atoms with E-state index >= 15 is 0 Å². The summed E-state index contributed by atoms with van der Waals surface area (Å²) in [5, 5.41) is 3.36. The summed E-state index contributed by atoms with van der Waals surface area (Å²) in [6.07, 6.45) is 6.63. The number of ether oxygens (including phenoxy) is 1. The molecule has 0 bridgehead atoms. The lowest BCUT2D eigenvalue weighted by Gasteiger charge is -2.49. The fraction of sp³-hybridized carbons (Fsp3) is 0.458. The van der Waals surface area contributed by atoms with Crippen LogP contribution in [0.15, 0.2) is 59.1 Å². The molecule has 1 saturated carbocycles. The Morgan fingerprint density at radius 3 is 2.57 bits per heavy atom. The molecule has 2 aromatic carbocycles. The molecule has 0 aromatic heterocycles. The first kappa shape index (κ1) is 19.7. The summed E-state index contributed by atoms with van der Waals surface area (Å²) in [7, 11) is 0. The third-order valence-electron chi connectivity index (χ3n) is 6.20. The van der Waals surface area contributed by atoms with Gasteiger partial charge < -0.3 is 10.1 Å². The third kappa shape index (κ3) is 4.49. The Labute approximate surface area is 176 Å². The number of amides is 1. The van der Waals surface area contributed by atoms with Gasteiger partial charge in [0.1, 0.15) is 0 Å². The summed E-state index contributed by atoms with van der Waals surface area (Å²) in [6.45, 7) is 2.21. The van der Waals surface area contributed by atoms with Crippen molar-refractivity contribution < 1.29 is 9.53 Å². The van der Waals surface area contributed by atoms with E-state index in [2.05, 4.69) is 52.4 Å². The smallest absolute Gasteiger partial charge is 0.251 e. The van der Waals surface area contributed by atoms with Gasteiger partial charge in [-0.05, 0) is 56.0 Å². The summed E-state index contributed by atoms with van der Waals surface area (Å²) in [6, 6.07) is 18.2. The van der Waals surface area contributed by atoms with E-state index in [1.54, 1.807) is 0 Å². The number of benzene rings is 2. The SMILES string of the molecule is C[C@]1(Cc2ccc(Br)cc2)C[C@@H](NC(=O)c2ccccc2)[C@@H]2CCCC[C@H]2O1. The van der Waals surface area contributed by atoms with Crippen LogP contribution in [0.5, 0.6) is 0 Å². The van der Waals surface area contributed by atoms with Gasteiger partial charge in [0, 0.05) is 28.4 Å². The maximum atomic E-state index is 12.8. The van der Waals surface area contributed by atoms with Crippen LogP contribution < -0.4 is 5.32 Å². The minimum atomic E-state index is -0.263. The molecule has 1 saturated heterocycles. The minimum Gasteiger partial charge on any atom is -0.371 e. The van der Waals surface area contributed by atoms with Gasteiger partial charge in [0.25, 0.3) is 5.91 Å². The highest BCUT2D eigenvalue weighted by atomic mass is 79.9. The monoisotopic (exact) mass is 441 g/mol. The number of halogens is 1. The number of fused-ring (bicyclic) bond motifs is 1. The highest BCUT2D eigenvalue weighted by molar-refractivity contribution is 9.10. The zero-order valence-electron chi connectivity index (χ0n) is 16.4. The van der Waals surface area contributed by atoms with Gasteiger partial charge in [-0.2, -0.15) is 0 Å². The molecule has 1 N–H and O–H groups in total. The molecule has 4 atom stereocenters. The quantitative estimate of drug-likeness (QED) is 0.677. The fourth-order valence-corrected chi connectivity index (χ4v) is 5.17. The average Bonchev–Trinajstić information content (AvgIpc) is 2.70. The van der Waals surface area contributed by atoms with E-state index < -0.39 is 0 Å². The number of hydrogen-bond donors (Lipinski definition) is 1. The van der Waals surface area contributed by atoms with Gasteiger partial charge >= 0.3 is 0 Å². The molecule has 4 rings (SSSR count). The molecule has 1 heterocycles. The number of carbonyl (C=O) groups is 1. The van der Waals surface area contributed by atoms with Crippen LogP contribution >= 0.6 is 15.9 Å². The van der Waals surface area contributed by atoms with Gasteiger partial charge in [0.05, 0.1) is 11.7 Å². The van der Waals surface area contributed by atoms with Crippen LogP contribution in [0.4, 0.5) is 0 Å². The van der Waals surface area contributed by atoms with E-state index in [1.165, 1.54) is 18.4 Å². The Hall–Kier alpha value is -1.65. The molecule has 1 aliphatic carbocycles. The normalized spacial score (nSPS) is 29.7. The molecule has 0 radical (unpaired) electrons. The van der Waals surface area contributed by atoms with Crippen molar-refractivity contribution in [3.05, 3.63) is 70.2 Å². The van der Waals surface area contributed by atoms with Gasteiger partial charge in [-0.1, -0.05) is 59.1 Å². The molecule has 3 nitrogen and oxygen atoms in total. The second-order valence-electron chi connectivity index (χ2n) is 8.51. The first-order chi connectivity index (χ1) is 13.5. The van der Waals surface area contributed by atoms with Crippen molar-refractivity contribution in [2.45, 2.75) is 63.2 Å². The van der Waals surface area contributed by atoms with Gasteiger partial charge in [-0.3, -0.25) is 4.79 Å². The van der Waals surface area contributed by atoms with Crippen molar-refractivity contribution in [3.63, 3.8) is 0 Å². The predicted molar refractivity (Wildman–Crippen MR) is 115 cm³/mol. The second kappa shape index (κ2) is 8.38. The van der Waals surface area contributed by atoms with Crippen molar-refractivity contribution in [2.24, 2.45) is 5.92 Å². The zero-order chi connectivity index (χ0) is 19.6. The van der Waals surface area contributed by atoms with E-state index in [0.29, 0.717) is 5.92 Å². The average molecular weight is 442 g/mol. The molecule has 148 valence electrons. The summed E-state index contributed by atoms with van der Waals surface area (Å²) >= 11 is 3.51. The Morgan fingerprint density at radius 2 is 1.82 bits per heavy atom. The van der Waals surface area contributed by atoms with E-state index in [9.17, 15) is 4.79 Å². The molecule has 28 heavy (non-hydrogen) atoms. The molecule has 2 aliphatic rings. The van der Waals surface area contributed by atoms with E-state index in [0.717, 1.165) is 35.7 Å². The Morgan fingerprint density at radius 1 is 1.11 bits per heavy atom. The molecule has 2 fully saturated rings. The lowest BCUT2D eigenvalue weighted by molar-refractivity contribution is -0.164. The number of hydrogen-bond acceptors (Lipinski definition) is 2. The zero-order valence-corrected chi connectivity index (χ0v) is 18.0. The summed E-state index contributed by atoms with van der Waals surface area (Å²) < 4.78 is 7.76. The minimum absolute atomic E-state index is 0.0304. The number of rotatable bonds is 4. The van der Waals surface area contributed by atoms with Crippen LogP contribution in [0.1, 0.15) is 54.9 Å². The van der Waals surface area contributed by atoms with E-state index in [-0.39, 0.29) is 23.7 Å². The number of carbonyl (C=O) groups excluding carboxylic acids is 1. The Bertz CT molecular complexity index is 807. The summed E-state index contributed by atoms with van der Waals surface area (Å²) in [4.78, 5) is 12.8. The third-order valence-corrected chi connectivity index (χ3v) is 6.73. The number of nitrogens with one attached hydrogen (secondary N) is 1. The first-order valence-electron chi connectivity index (χ1n) is 10.3. The molecule has 4 heteroatoms. The summed E-state index contributed by atoms with van der Waals surface area (Å²) in [5.74, 6) is 0.447. The maximum Gasteiger partial charge on any atom is 0.251 e. The van der Waals surface area contributed by atoms with Crippen LogP contribution in [0.25, 0.3) is 0 Å². The fourth-order valence-electron chi connectivity index (χ4n) is 4.91. The maximum absolute atomic E-state index is 12.8. The van der Waals surface area contributed by atoms with Crippen molar-refractivity contribution in [1.82, 2.24) is 5.32 Å². The second-order valence-corrected chi connectivity index (χ2v) is 9.42. The van der Waals surface area contributed by atoms with Crippen LogP contribution in [0.2, 0.25) is 0 Å². The first-order valence-corrected chi connectivity index (χ1v) is 11.1. The Kier molecular flexibility index (Phi) is 5.88. The molecule has 1 aliphatic heterocycles. The lowest BCUT2D eigenvalue weighted by atomic mass is 9.73. The van der Waals surface area contributed by atoms with Gasteiger partial charge in [-0.25, -0.2) is 0 Å². The molecular formula is C24H28BrNO2. The predicted octanol–water partition coefficient (Wildman–Crippen LogP) is 5.53. The van der Waals surface area contributed by atoms with Crippen molar-refractivity contribution in [3.8, 4) is 0 Å². The molecule has 0 spiro atoms. The summed E-state index contributed by atoms with van der Waals surface area (Å²) in [5.41, 5.74) is 1.74. The highest BCUT2D eigenvalue weighted by Crippen LogP contribution is 2.41. The van der Waals surface area contributed by atoms with Crippen molar-refractivity contribution in [2.75, 3.05) is 0 Å². The molecule has 1 amide bonds. The lowest BCUT2D eigenvalue weighted by Crippen LogP contribution is -2.57. The highest BCUT2D eigenvalue weighted by Gasteiger charge is 2.45. The largest absolute Gasteiger partial charge is 0.371 e. The topological polar surface area (TPSA) is 38.3 Å². The molecule has 0 unspecified atom stereocenters. The van der Waals surface area contributed by atoms with Gasteiger partial charge in [-0.15, -0.1) is 0 Å². The molecule has 2 aromatic rings. The van der Waals surface area contributed by atoms with Crippen molar-refractivity contribution >= 4 is 21.8 Å². The van der Waals surface area contributed by atoms with Gasteiger partial charge in [0.2, 0.25) is 0 Å². The Balaban J connectivity index is 1.53. The van der Waals surface area contributed by atoms with Crippen LogP contribution in [0.3, 0.4) is 0 Å². The molecular weight excluding hydrogens is 414 g/mol. The van der Waals surface area contributed by atoms with Crippen LogP contribution in [-0.4, -0.2) is 23.7 Å². The van der Waals surface area contributed by atoms with E-state index in [1.807, 2.05) is 30.3 Å². The van der Waals surface area contributed by atoms with Crippen LogP contribution in [0, 0.1) is 5.92 Å². The standard InChI is InChI=1S/C24H28BrNO2/c1-24(15-17-11-13-19(25)14-12-17)16-21(20-9-5-6-10-22(20)28-24)26-23(27)18-7-3-2-4-8-18/h2-4,7-8,11-14,20-22H,5-6,9-10,15-16H2,1H3,(H,26,27)/t20-,21+,22+,24-/m0/s1. The van der Waals surface area contributed by atoms with Crippen molar-refractivity contribution in [1.29, 1.82) is 0 Å². The van der Waals surface area contributed by atoms with E-state index in [4.69, 9.17) is 4.74 Å².